The van der Waals surface area contributed by atoms with Crippen molar-refractivity contribution in [3.8, 4) is 0 Å². The first-order valence-corrected chi connectivity index (χ1v) is 7.05. The van der Waals surface area contributed by atoms with E-state index in [1.54, 1.807) is 23.2 Å². The molecule has 0 aliphatic heterocycles. The highest BCUT2D eigenvalue weighted by molar-refractivity contribution is 5.90. The van der Waals surface area contributed by atoms with Crippen LogP contribution >= 0.6 is 0 Å². The molecule has 0 radical (unpaired) electrons. The lowest BCUT2D eigenvalue weighted by Gasteiger charge is -2.28. The third-order valence-electron chi connectivity index (χ3n) is 2.70. The van der Waals surface area contributed by atoms with Crippen molar-refractivity contribution >= 4 is 17.9 Å². The molecular formula is C16H24N2O3. The topological polar surface area (TPSA) is 62.7 Å². The lowest BCUT2D eigenvalue weighted by Crippen LogP contribution is -2.37. The fourth-order valence-corrected chi connectivity index (χ4v) is 1.84. The Kier molecular flexibility index (Phi) is 5.90. The zero-order valence-corrected chi connectivity index (χ0v) is 13.2. The number of carbonyl (C=O) groups is 1. The number of nitrogens with zero attached hydrogens (tertiary/aromatic N) is 2. The minimum Gasteiger partial charge on any atom is -0.443 e. The monoisotopic (exact) mass is 292 g/mol. The maximum atomic E-state index is 12.4. The summed E-state index contributed by atoms with van der Waals surface area (Å²) >= 11 is 0. The SMILES string of the molecule is C=Cc1cc(CO)ncc1N(CCC)C(=O)OC(C)(C)C. The van der Waals surface area contributed by atoms with E-state index in [9.17, 15) is 4.79 Å². The first-order chi connectivity index (χ1) is 9.82. The second kappa shape index (κ2) is 7.22. The maximum absolute atomic E-state index is 12.4. The summed E-state index contributed by atoms with van der Waals surface area (Å²) in [5.41, 5.74) is 1.36. The van der Waals surface area contributed by atoms with E-state index in [2.05, 4.69) is 11.6 Å². The van der Waals surface area contributed by atoms with E-state index in [1.807, 2.05) is 27.7 Å². The third-order valence-corrected chi connectivity index (χ3v) is 2.70. The largest absolute Gasteiger partial charge is 0.443 e. The van der Waals surface area contributed by atoms with Crippen LogP contribution in [0.1, 0.15) is 45.4 Å². The van der Waals surface area contributed by atoms with Crippen LogP contribution in [0.3, 0.4) is 0 Å². The fourth-order valence-electron chi connectivity index (χ4n) is 1.84. The summed E-state index contributed by atoms with van der Waals surface area (Å²) in [7, 11) is 0. The standard InChI is InChI=1S/C16H24N2O3/c1-6-8-18(15(20)21-16(3,4)5)14-10-17-13(11-19)9-12(14)7-2/h7,9-10,19H,2,6,8,11H2,1,3-5H3. The van der Waals surface area contributed by atoms with Gasteiger partial charge in [-0.15, -0.1) is 0 Å². The molecule has 0 unspecified atom stereocenters. The molecule has 1 heterocycles. The van der Waals surface area contributed by atoms with Crippen molar-refractivity contribution in [3.63, 3.8) is 0 Å². The number of aliphatic hydroxyl groups is 1. The molecule has 0 fully saturated rings. The van der Waals surface area contributed by atoms with E-state index >= 15 is 0 Å². The minimum atomic E-state index is -0.560. The van der Waals surface area contributed by atoms with Crippen LogP contribution in [-0.2, 0) is 11.3 Å². The van der Waals surface area contributed by atoms with Crippen molar-refractivity contribution in [1.82, 2.24) is 4.98 Å². The van der Waals surface area contributed by atoms with Crippen LogP contribution in [0, 0.1) is 0 Å². The lowest BCUT2D eigenvalue weighted by molar-refractivity contribution is 0.0580. The number of aliphatic hydroxyl groups excluding tert-OH is 1. The molecule has 116 valence electrons. The molecule has 0 aromatic carbocycles. The summed E-state index contributed by atoms with van der Waals surface area (Å²) in [6.45, 7) is 11.6. The Balaban J connectivity index is 3.16. The number of aromatic nitrogens is 1. The molecule has 1 amide bonds. The van der Waals surface area contributed by atoms with Gasteiger partial charge in [-0.3, -0.25) is 9.88 Å². The van der Waals surface area contributed by atoms with Gasteiger partial charge in [0.25, 0.3) is 0 Å². The molecule has 0 saturated carbocycles. The molecule has 1 rings (SSSR count). The molecule has 0 aliphatic rings. The van der Waals surface area contributed by atoms with Gasteiger partial charge in [0, 0.05) is 12.1 Å². The molecule has 1 aromatic rings. The zero-order chi connectivity index (χ0) is 16.0. The van der Waals surface area contributed by atoms with Crippen molar-refractivity contribution < 1.29 is 14.6 Å². The second-order valence-corrected chi connectivity index (χ2v) is 5.73. The zero-order valence-electron chi connectivity index (χ0n) is 13.2. The van der Waals surface area contributed by atoms with E-state index < -0.39 is 11.7 Å². The fraction of sp³-hybridized carbons (Fsp3) is 0.500. The number of hydrogen-bond donors (Lipinski definition) is 1. The van der Waals surface area contributed by atoms with Gasteiger partial charge >= 0.3 is 6.09 Å². The molecule has 5 nitrogen and oxygen atoms in total. The Hall–Kier alpha value is -1.88. The number of amides is 1. The smallest absolute Gasteiger partial charge is 0.414 e. The summed E-state index contributed by atoms with van der Waals surface area (Å²) < 4.78 is 5.44. The van der Waals surface area contributed by atoms with Crippen LogP contribution in [0.2, 0.25) is 0 Å². The molecule has 0 atom stereocenters. The molecular weight excluding hydrogens is 268 g/mol. The van der Waals surface area contributed by atoms with Gasteiger partial charge in [-0.1, -0.05) is 19.6 Å². The van der Waals surface area contributed by atoms with E-state index in [1.165, 1.54) is 0 Å². The molecule has 1 N–H and O–H groups in total. The van der Waals surface area contributed by atoms with Gasteiger partial charge < -0.3 is 9.84 Å². The minimum absolute atomic E-state index is 0.151. The number of ether oxygens (including phenoxy) is 1. The lowest BCUT2D eigenvalue weighted by atomic mass is 10.1. The van der Waals surface area contributed by atoms with Crippen LogP contribution < -0.4 is 4.90 Å². The van der Waals surface area contributed by atoms with Crippen LogP contribution in [0.15, 0.2) is 18.8 Å². The molecule has 0 bridgehead atoms. The van der Waals surface area contributed by atoms with E-state index in [-0.39, 0.29) is 6.61 Å². The Morgan fingerprint density at radius 1 is 1.52 bits per heavy atom. The van der Waals surface area contributed by atoms with Crippen molar-refractivity contribution in [2.75, 3.05) is 11.4 Å². The van der Waals surface area contributed by atoms with Gasteiger partial charge in [-0.25, -0.2) is 4.79 Å². The van der Waals surface area contributed by atoms with Crippen molar-refractivity contribution in [2.24, 2.45) is 0 Å². The van der Waals surface area contributed by atoms with Crippen LogP contribution in [0.5, 0.6) is 0 Å². The average Bonchev–Trinajstić information content (AvgIpc) is 2.42. The average molecular weight is 292 g/mol. The highest BCUT2D eigenvalue weighted by Crippen LogP contribution is 2.24. The van der Waals surface area contributed by atoms with Gasteiger partial charge in [0.15, 0.2) is 0 Å². The van der Waals surface area contributed by atoms with Crippen molar-refractivity contribution in [3.05, 3.63) is 30.1 Å². The second-order valence-electron chi connectivity index (χ2n) is 5.73. The first kappa shape index (κ1) is 17.2. The highest BCUT2D eigenvalue weighted by atomic mass is 16.6. The van der Waals surface area contributed by atoms with Gasteiger partial charge in [0.2, 0.25) is 0 Å². The van der Waals surface area contributed by atoms with Gasteiger partial charge in [-0.2, -0.15) is 0 Å². The Morgan fingerprint density at radius 2 is 2.19 bits per heavy atom. The highest BCUT2D eigenvalue weighted by Gasteiger charge is 2.24. The van der Waals surface area contributed by atoms with Crippen molar-refractivity contribution in [1.29, 1.82) is 0 Å². The van der Waals surface area contributed by atoms with Crippen molar-refractivity contribution in [2.45, 2.75) is 46.3 Å². The number of carbonyl (C=O) groups excluding carboxylic acids is 1. The summed E-state index contributed by atoms with van der Waals surface area (Å²) in [5, 5.41) is 9.15. The molecule has 1 aromatic heterocycles. The molecule has 21 heavy (non-hydrogen) atoms. The predicted molar refractivity (Wildman–Crippen MR) is 84.1 cm³/mol. The summed E-state index contributed by atoms with van der Waals surface area (Å²) in [4.78, 5) is 18.1. The summed E-state index contributed by atoms with van der Waals surface area (Å²) in [6.07, 6.45) is 3.59. The van der Waals surface area contributed by atoms with Crippen LogP contribution in [0.4, 0.5) is 10.5 Å². The molecule has 0 aliphatic carbocycles. The number of anilines is 1. The molecule has 5 heteroatoms. The Bertz CT molecular complexity index is 507. The summed E-state index contributed by atoms with van der Waals surface area (Å²) in [6, 6.07) is 1.72. The number of rotatable bonds is 5. The Morgan fingerprint density at radius 3 is 2.67 bits per heavy atom. The quantitative estimate of drug-likeness (QED) is 0.903. The van der Waals surface area contributed by atoms with E-state index in [4.69, 9.17) is 9.84 Å². The van der Waals surface area contributed by atoms with Crippen LogP contribution in [-0.4, -0.2) is 28.3 Å². The Labute approximate surface area is 126 Å². The molecule has 0 spiro atoms. The maximum Gasteiger partial charge on any atom is 0.414 e. The normalized spacial score (nSPS) is 11.1. The predicted octanol–water partition coefficient (Wildman–Crippen LogP) is 3.37. The van der Waals surface area contributed by atoms with Gasteiger partial charge in [-0.05, 0) is 33.3 Å². The van der Waals surface area contributed by atoms with E-state index in [0.29, 0.717) is 17.9 Å². The van der Waals surface area contributed by atoms with Gasteiger partial charge in [0.05, 0.1) is 24.2 Å². The summed E-state index contributed by atoms with van der Waals surface area (Å²) in [5.74, 6) is 0. The molecule has 0 saturated heterocycles. The van der Waals surface area contributed by atoms with Gasteiger partial charge in [0.1, 0.15) is 5.60 Å². The number of hydrogen-bond acceptors (Lipinski definition) is 4. The van der Waals surface area contributed by atoms with E-state index in [0.717, 1.165) is 12.0 Å². The first-order valence-electron chi connectivity index (χ1n) is 7.05. The third kappa shape index (κ3) is 4.86. The number of pyridine rings is 1. The van der Waals surface area contributed by atoms with Crippen LogP contribution in [0.25, 0.3) is 6.08 Å².